The highest BCUT2D eigenvalue weighted by atomic mass is 16.1. The maximum Gasteiger partial charge on any atom is 0.129 e. The highest BCUT2D eigenvalue weighted by Gasteiger charge is 2.13. The lowest BCUT2D eigenvalue weighted by Crippen LogP contribution is -2.14. The van der Waals surface area contributed by atoms with E-state index in [0.29, 0.717) is 12.0 Å². The SMILES string of the molecule is O=C=C1C=NC2=CCNC=C2C1. The summed E-state index contributed by atoms with van der Waals surface area (Å²) >= 11 is 0. The van der Waals surface area contributed by atoms with Crippen LogP contribution in [0.4, 0.5) is 0 Å². The number of hydrogen-bond acceptors (Lipinski definition) is 3. The second-order valence-corrected chi connectivity index (χ2v) is 2.73. The summed E-state index contributed by atoms with van der Waals surface area (Å²) in [6.07, 6.45) is 6.14. The van der Waals surface area contributed by atoms with E-state index in [9.17, 15) is 4.79 Å². The molecule has 0 fully saturated rings. The first-order valence-corrected chi connectivity index (χ1v) is 3.81. The first-order chi connectivity index (χ1) is 5.90. The van der Waals surface area contributed by atoms with Crippen molar-refractivity contribution >= 4 is 12.2 Å². The molecule has 60 valence electrons. The summed E-state index contributed by atoms with van der Waals surface area (Å²) in [4.78, 5) is 14.4. The molecule has 12 heavy (non-hydrogen) atoms. The third-order valence-corrected chi connectivity index (χ3v) is 1.89. The van der Waals surface area contributed by atoms with Crippen LogP contribution in [0.25, 0.3) is 0 Å². The smallest absolute Gasteiger partial charge is 0.129 e. The van der Waals surface area contributed by atoms with E-state index in [1.807, 2.05) is 18.2 Å². The number of rotatable bonds is 0. The fourth-order valence-corrected chi connectivity index (χ4v) is 1.28. The maximum atomic E-state index is 10.3. The Morgan fingerprint density at radius 3 is 3.33 bits per heavy atom. The van der Waals surface area contributed by atoms with Gasteiger partial charge in [-0.2, -0.15) is 0 Å². The van der Waals surface area contributed by atoms with E-state index in [4.69, 9.17) is 0 Å². The van der Waals surface area contributed by atoms with Gasteiger partial charge in [-0.3, -0.25) is 4.99 Å². The summed E-state index contributed by atoms with van der Waals surface area (Å²) in [5.41, 5.74) is 2.66. The fourth-order valence-electron chi connectivity index (χ4n) is 1.28. The number of dihydropyridines is 1. The topological polar surface area (TPSA) is 41.5 Å². The lowest BCUT2D eigenvalue weighted by molar-refractivity contribution is 0.567. The average Bonchev–Trinajstić information content (AvgIpc) is 2.17. The Morgan fingerprint density at radius 1 is 1.58 bits per heavy atom. The van der Waals surface area contributed by atoms with E-state index in [2.05, 4.69) is 10.3 Å². The van der Waals surface area contributed by atoms with Crippen molar-refractivity contribution in [1.82, 2.24) is 5.32 Å². The Balaban J connectivity index is 2.40. The van der Waals surface area contributed by atoms with Crippen LogP contribution in [0.5, 0.6) is 0 Å². The van der Waals surface area contributed by atoms with Crippen LogP contribution in [0.1, 0.15) is 6.42 Å². The lowest BCUT2D eigenvalue weighted by Gasteiger charge is -2.16. The Hall–Kier alpha value is -1.60. The molecule has 0 saturated heterocycles. The Kier molecular flexibility index (Phi) is 1.65. The van der Waals surface area contributed by atoms with E-state index in [1.54, 1.807) is 6.21 Å². The van der Waals surface area contributed by atoms with Gasteiger partial charge in [0.25, 0.3) is 0 Å². The number of fused-ring (bicyclic) bond motifs is 1. The number of nitrogens with zero attached hydrogens (tertiary/aromatic N) is 1. The second-order valence-electron chi connectivity index (χ2n) is 2.73. The first-order valence-electron chi connectivity index (χ1n) is 3.81. The van der Waals surface area contributed by atoms with E-state index in [-0.39, 0.29) is 0 Å². The standard InChI is InChI=1S/C9H8N2O/c12-6-7-3-8-5-10-2-1-9(8)11-4-7/h1,4-5,10H,2-3H2. The van der Waals surface area contributed by atoms with Gasteiger partial charge in [-0.05, 0) is 11.6 Å². The molecular weight excluding hydrogens is 152 g/mol. The van der Waals surface area contributed by atoms with Crippen molar-refractivity contribution in [3.8, 4) is 0 Å². The minimum atomic E-state index is 0.613. The molecule has 2 heterocycles. The van der Waals surface area contributed by atoms with Crippen LogP contribution < -0.4 is 5.32 Å². The van der Waals surface area contributed by atoms with Crippen LogP contribution in [0.15, 0.2) is 34.1 Å². The highest BCUT2D eigenvalue weighted by Crippen LogP contribution is 2.23. The number of allylic oxidation sites excluding steroid dienone is 2. The molecule has 0 atom stereocenters. The molecular formula is C9H8N2O. The van der Waals surface area contributed by atoms with Crippen molar-refractivity contribution in [2.45, 2.75) is 6.42 Å². The molecule has 1 N–H and O–H groups in total. The van der Waals surface area contributed by atoms with Crippen LogP contribution in [0, 0.1) is 0 Å². The van der Waals surface area contributed by atoms with E-state index in [1.165, 1.54) is 0 Å². The van der Waals surface area contributed by atoms with Crippen LogP contribution in [-0.2, 0) is 4.79 Å². The predicted octanol–water partition coefficient (Wildman–Crippen LogP) is 0.590. The van der Waals surface area contributed by atoms with Crippen LogP contribution in [0.3, 0.4) is 0 Å². The molecule has 2 aliphatic heterocycles. The number of aliphatic imine (C=N–C) groups is 1. The second kappa shape index (κ2) is 2.80. The zero-order chi connectivity index (χ0) is 8.39. The maximum absolute atomic E-state index is 10.3. The van der Waals surface area contributed by atoms with Gasteiger partial charge in [0.05, 0.1) is 11.3 Å². The normalized spacial score (nSPS) is 20.2. The van der Waals surface area contributed by atoms with Crippen LogP contribution in [0.2, 0.25) is 0 Å². The third-order valence-electron chi connectivity index (χ3n) is 1.89. The summed E-state index contributed by atoms with van der Waals surface area (Å²) in [5, 5.41) is 3.07. The molecule has 0 amide bonds. The predicted molar refractivity (Wildman–Crippen MR) is 46.5 cm³/mol. The van der Waals surface area contributed by atoms with E-state index in [0.717, 1.165) is 17.8 Å². The van der Waals surface area contributed by atoms with Gasteiger partial charge in [0.1, 0.15) is 5.94 Å². The van der Waals surface area contributed by atoms with Crippen molar-refractivity contribution in [3.63, 3.8) is 0 Å². The lowest BCUT2D eigenvalue weighted by atomic mass is 10.0. The highest BCUT2D eigenvalue weighted by molar-refractivity contribution is 5.92. The van der Waals surface area contributed by atoms with Gasteiger partial charge in [-0.15, -0.1) is 0 Å². The van der Waals surface area contributed by atoms with Gasteiger partial charge in [-0.25, -0.2) is 4.79 Å². The monoisotopic (exact) mass is 160 g/mol. The number of hydrogen-bond donors (Lipinski definition) is 1. The third kappa shape index (κ3) is 1.11. The molecule has 0 aromatic heterocycles. The molecule has 3 heteroatoms. The number of carbonyl (C=O) groups excluding carboxylic acids is 1. The van der Waals surface area contributed by atoms with Crippen LogP contribution >= 0.6 is 0 Å². The molecule has 0 saturated carbocycles. The molecule has 0 unspecified atom stereocenters. The van der Waals surface area contributed by atoms with Gasteiger partial charge in [-0.1, -0.05) is 0 Å². The molecule has 2 rings (SSSR count). The van der Waals surface area contributed by atoms with Gasteiger partial charge in [0, 0.05) is 25.4 Å². The molecule has 0 bridgehead atoms. The minimum Gasteiger partial charge on any atom is -0.387 e. The largest absolute Gasteiger partial charge is 0.387 e. The molecule has 0 radical (unpaired) electrons. The number of nitrogens with one attached hydrogen (secondary N) is 1. The minimum absolute atomic E-state index is 0.613. The van der Waals surface area contributed by atoms with Crippen molar-refractivity contribution in [2.75, 3.05) is 6.54 Å². The van der Waals surface area contributed by atoms with Crippen molar-refractivity contribution in [1.29, 1.82) is 0 Å². The molecule has 0 aromatic carbocycles. The zero-order valence-electron chi connectivity index (χ0n) is 6.50. The van der Waals surface area contributed by atoms with Gasteiger partial charge in [0.15, 0.2) is 0 Å². The van der Waals surface area contributed by atoms with E-state index >= 15 is 0 Å². The first kappa shape index (κ1) is 7.07. The Bertz CT molecular complexity index is 344. The summed E-state index contributed by atoms with van der Waals surface area (Å²) in [6, 6.07) is 0. The molecule has 2 aliphatic rings. The summed E-state index contributed by atoms with van der Waals surface area (Å²) in [6.45, 7) is 0.816. The van der Waals surface area contributed by atoms with Gasteiger partial charge in [0.2, 0.25) is 0 Å². The quantitative estimate of drug-likeness (QED) is 0.527. The van der Waals surface area contributed by atoms with Crippen molar-refractivity contribution in [3.05, 3.63) is 29.1 Å². The van der Waals surface area contributed by atoms with Crippen LogP contribution in [-0.4, -0.2) is 18.7 Å². The summed E-state index contributed by atoms with van der Waals surface area (Å²) < 4.78 is 0. The fraction of sp³-hybridized carbons (Fsp3) is 0.222. The molecule has 0 spiro atoms. The Labute approximate surface area is 70.2 Å². The van der Waals surface area contributed by atoms with Gasteiger partial charge >= 0.3 is 0 Å². The Morgan fingerprint density at radius 2 is 2.50 bits per heavy atom. The van der Waals surface area contributed by atoms with Gasteiger partial charge < -0.3 is 5.32 Å². The summed E-state index contributed by atoms with van der Waals surface area (Å²) in [7, 11) is 0. The summed E-state index contributed by atoms with van der Waals surface area (Å²) in [5.74, 6) is 1.86. The van der Waals surface area contributed by atoms with Crippen molar-refractivity contribution in [2.24, 2.45) is 4.99 Å². The molecule has 0 aromatic rings. The van der Waals surface area contributed by atoms with Crippen molar-refractivity contribution < 1.29 is 4.79 Å². The molecule has 0 aliphatic carbocycles. The zero-order valence-corrected chi connectivity index (χ0v) is 6.50. The van der Waals surface area contributed by atoms with E-state index < -0.39 is 0 Å². The average molecular weight is 160 g/mol. The molecule has 3 nitrogen and oxygen atoms in total.